The summed E-state index contributed by atoms with van der Waals surface area (Å²) in [6, 6.07) is 5.21. The van der Waals surface area contributed by atoms with E-state index in [4.69, 9.17) is 0 Å². The average Bonchev–Trinajstić information content (AvgIpc) is 2.60. The molecule has 0 aromatic heterocycles. The molecule has 0 unspecified atom stereocenters. The number of fused-ring (bicyclic) bond motifs is 1. The Hall–Kier alpha value is -2.10. The van der Waals surface area contributed by atoms with Gasteiger partial charge in [0.2, 0.25) is 5.41 Å². The first-order chi connectivity index (χ1) is 9.56. The molecule has 4 nitrogen and oxygen atoms in total. The Kier molecular flexibility index (Phi) is 3.24. The van der Waals surface area contributed by atoms with Crippen molar-refractivity contribution in [2.75, 3.05) is 0 Å². The molecule has 0 fully saturated rings. The van der Waals surface area contributed by atoms with Crippen LogP contribution in [0, 0.1) is 12.3 Å². The van der Waals surface area contributed by atoms with Crippen LogP contribution in [0.3, 0.4) is 0 Å². The third-order valence-electron chi connectivity index (χ3n) is 4.19. The summed E-state index contributed by atoms with van der Waals surface area (Å²) in [7, 11) is 0. The number of benzene rings is 1. The molecule has 0 aliphatic heterocycles. The molecule has 4 heteroatoms. The second kappa shape index (κ2) is 4.45. The van der Waals surface area contributed by atoms with Crippen molar-refractivity contribution >= 4 is 17.5 Å². The maximum absolute atomic E-state index is 12.0. The molecule has 0 radical (unpaired) electrons. The van der Waals surface area contributed by atoms with E-state index in [0.717, 1.165) is 16.7 Å². The standard InChI is InChI=1S/C17H20O4/c1-9-7-6-8-11-12(9)10(2)13(16(3,4)5)17(11,14(18)19)15(20)21/h6-8H,1-5H3,(H,18,19)(H,20,21). The molecule has 2 rings (SSSR count). The molecule has 0 saturated heterocycles. The Balaban J connectivity index is 3.02. The van der Waals surface area contributed by atoms with Gasteiger partial charge < -0.3 is 10.2 Å². The van der Waals surface area contributed by atoms with Crippen molar-refractivity contribution in [1.82, 2.24) is 0 Å². The van der Waals surface area contributed by atoms with Crippen LogP contribution in [0.25, 0.3) is 5.57 Å². The molecule has 1 aliphatic carbocycles. The van der Waals surface area contributed by atoms with Crippen LogP contribution in [-0.2, 0) is 15.0 Å². The van der Waals surface area contributed by atoms with E-state index in [1.165, 1.54) is 0 Å². The van der Waals surface area contributed by atoms with Crippen LogP contribution >= 0.6 is 0 Å². The number of hydrogen-bond donors (Lipinski definition) is 2. The topological polar surface area (TPSA) is 74.6 Å². The lowest BCUT2D eigenvalue weighted by atomic mass is 9.67. The minimum Gasteiger partial charge on any atom is -0.480 e. The molecule has 0 heterocycles. The van der Waals surface area contributed by atoms with Crippen molar-refractivity contribution in [2.45, 2.75) is 40.0 Å². The number of allylic oxidation sites excluding steroid dienone is 1. The number of carboxylic acids is 2. The highest BCUT2D eigenvalue weighted by Gasteiger charge is 2.59. The zero-order valence-corrected chi connectivity index (χ0v) is 12.9. The van der Waals surface area contributed by atoms with Gasteiger partial charge in [0.15, 0.2) is 0 Å². The molecule has 0 saturated carbocycles. The number of hydrogen-bond acceptors (Lipinski definition) is 2. The summed E-state index contributed by atoms with van der Waals surface area (Å²) >= 11 is 0. The molecule has 0 spiro atoms. The van der Waals surface area contributed by atoms with Crippen molar-refractivity contribution in [2.24, 2.45) is 5.41 Å². The molecular weight excluding hydrogens is 268 g/mol. The third-order valence-corrected chi connectivity index (χ3v) is 4.19. The number of aryl methyl sites for hydroxylation is 1. The van der Waals surface area contributed by atoms with Gasteiger partial charge >= 0.3 is 11.9 Å². The van der Waals surface area contributed by atoms with E-state index in [1.54, 1.807) is 12.1 Å². The van der Waals surface area contributed by atoms with Gasteiger partial charge in [-0.3, -0.25) is 9.59 Å². The van der Waals surface area contributed by atoms with E-state index in [9.17, 15) is 19.8 Å². The molecule has 0 atom stereocenters. The van der Waals surface area contributed by atoms with Crippen molar-refractivity contribution < 1.29 is 19.8 Å². The highest BCUT2D eigenvalue weighted by molar-refractivity contribution is 6.14. The van der Waals surface area contributed by atoms with Crippen LogP contribution in [0.2, 0.25) is 0 Å². The Morgan fingerprint density at radius 1 is 1.05 bits per heavy atom. The van der Waals surface area contributed by atoms with Gasteiger partial charge in [0.05, 0.1) is 0 Å². The Morgan fingerprint density at radius 2 is 1.57 bits per heavy atom. The molecule has 1 aromatic carbocycles. The monoisotopic (exact) mass is 288 g/mol. The highest BCUT2D eigenvalue weighted by Crippen LogP contribution is 2.54. The largest absolute Gasteiger partial charge is 0.480 e. The van der Waals surface area contributed by atoms with Crippen LogP contribution in [0.15, 0.2) is 23.8 Å². The normalized spacial score (nSPS) is 16.8. The fourth-order valence-corrected chi connectivity index (χ4v) is 3.68. The van der Waals surface area contributed by atoms with E-state index >= 15 is 0 Å². The van der Waals surface area contributed by atoms with Crippen molar-refractivity contribution in [1.29, 1.82) is 0 Å². The first-order valence-corrected chi connectivity index (χ1v) is 6.85. The van der Waals surface area contributed by atoms with Crippen molar-refractivity contribution in [3.63, 3.8) is 0 Å². The average molecular weight is 288 g/mol. The lowest BCUT2D eigenvalue weighted by Gasteiger charge is -2.33. The van der Waals surface area contributed by atoms with E-state index in [0.29, 0.717) is 11.1 Å². The Morgan fingerprint density at radius 3 is 2.00 bits per heavy atom. The molecule has 0 bridgehead atoms. The predicted molar refractivity (Wildman–Crippen MR) is 80.2 cm³/mol. The lowest BCUT2D eigenvalue weighted by Crippen LogP contribution is -2.47. The number of carbonyl (C=O) groups is 2. The molecular formula is C17H20O4. The third kappa shape index (κ3) is 1.82. The molecule has 112 valence electrons. The van der Waals surface area contributed by atoms with Crippen LogP contribution in [0.5, 0.6) is 0 Å². The van der Waals surface area contributed by atoms with Gasteiger partial charge in [-0.1, -0.05) is 39.0 Å². The zero-order chi connectivity index (χ0) is 16.2. The summed E-state index contributed by atoms with van der Waals surface area (Å²) < 4.78 is 0. The summed E-state index contributed by atoms with van der Waals surface area (Å²) in [4.78, 5) is 24.1. The summed E-state index contributed by atoms with van der Waals surface area (Å²) in [5.74, 6) is -2.66. The van der Waals surface area contributed by atoms with Gasteiger partial charge in [-0.05, 0) is 47.1 Å². The van der Waals surface area contributed by atoms with Crippen molar-refractivity contribution in [3.05, 3.63) is 40.5 Å². The summed E-state index contributed by atoms with van der Waals surface area (Å²) in [6.07, 6.45) is 0. The Labute approximate surface area is 124 Å². The number of aliphatic carboxylic acids is 2. The quantitative estimate of drug-likeness (QED) is 0.819. The van der Waals surface area contributed by atoms with E-state index in [2.05, 4.69) is 0 Å². The second-order valence-electron chi connectivity index (χ2n) is 6.61. The fourth-order valence-electron chi connectivity index (χ4n) is 3.68. The SMILES string of the molecule is CC1=C(C(C)(C)C)C(C(=O)O)(C(=O)O)c2cccc(C)c21. The summed E-state index contributed by atoms with van der Waals surface area (Å²) in [5.41, 5.74) is 0.684. The molecule has 2 N–H and O–H groups in total. The smallest absolute Gasteiger partial charge is 0.329 e. The zero-order valence-electron chi connectivity index (χ0n) is 12.9. The minimum atomic E-state index is -2.00. The van der Waals surface area contributed by atoms with Crippen LogP contribution in [0.4, 0.5) is 0 Å². The van der Waals surface area contributed by atoms with E-state index in [-0.39, 0.29) is 0 Å². The molecule has 1 aliphatic rings. The first-order valence-electron chi connectivity index (χ1n) is 6.85. The predicted octanol–water partition coefficient (Wildman–Crippen LogP) is 3.24. The van der Waals surface area contributed by atoms with E-state index in [1.807, 2.05) is 40.7 Å². The van der Waals surface area contributed by atoms with Gasteiger partial charge in [-0.25, -0.2) is 0 Å². The minimum absolute atomic E-state index is 0.366. The second-order valence-corrected chi connectivity index (χ2v) is 6.61. The molecule has 0 amide bonds. The summed E-state index contributed by atoms with van der Waals surface area (Å²) in [5, 5.41) is 19.6. The van der Waals surface area contributed by atoms with Crippen LogP contribution < -0.4 is 0 Å². The first kappa shape index (κ1) is 15.3. The van der Waals surface area contributed by atoms with Gasteiger partial charge in [0.25, 0.3) is 0 Å². The van der Waals surface area contributed by atoms with Crippen molar-refractivity contribution in [3.8, 4) is 0 Å². The number of rotatable bonds is 2. The van der Waals surface area contributed by atoms with E-state index < -0.39 is 22.8 Å². The maximum atomic E-state index is 12.0. The fraction of sp³-hybridized carbons (Fsp3) is 0.412. The van der Waals surface area contributed by atoms with Gasteiger partial charge in [0.1, 0.15) is 0 Å². The van der Waals surface area contributed by atoms with Gasteiger partial charge in [-0.2, -0.15) is 0 Å². The van der Waals surface area contributed by atoms with Crippen LogP contribution in [-0.4, -0.2) is 22.2 Å². The van der Waals surface area contributed by atoms with Gasteiger partial charge in [0, 0.05) is 0 Å². The number of carboxylic acid groups (broad SMARTS) is 2. The van der Waals surface area contributed by atoms with Crippen LogP contribution in [0.1, 0.15) is 44.4 Å². The lowest BCUT2D eigenvalue weighted by molar-refractivity contribution is -0.155. The Bertz CT molecular complexity index is 661. The molecule has 21 heavy (non-hydrogen) atoms. The summed E-state index contributed by atoms with van der Waals surface area (Å²) in [6.45, 7) is 9.26. The highest BCUT2D eigenvalue weighted by atomic mass is 16.4. The maximum Gasteiger partial charge on any atom is 0.329 e. The van der Waals surface area contributed by atoms with Gasteiger partial charge in [-0.15, -0.1) is 0 Å². The molecule has 1 aromatic rings.